The molecule has 3 rings (SSSR count). The van der Waals surface area contributed by atoms with Gasteiger partial charge in [-0.1, -0.05) is 13.0 Å². The van der Waals surface area contributed by atoms with Crippen LogP contribution in [0.5, 0.6) is 0 Å². The summed E-state index contributed by atoms with van der Waals surface area (Å²) < 4.78 is 4.37. The first-order chi connectivity index (χ1) is 10.2. The van der Waals surface area contributed by atoms with Gasteiger partial charge < -0.3 is 0 Å². The van der Waals surface area contributed by atoms with Gasteiger partial charge in [0.1, 0.15) is 5.69 Å². The average Bonchev–Trinajstić information content (AvgIpc) is 3.04. The minimum atomic E-state index is 0.585. The zero-order chi connectivity index (χ0) is 14.8. The Morgan fingerprint density at radius 2 is 2.19 bits per heavy atom. The van der Waals surface area contributed by atoms with E-state index in [1.807, 2.05) is 40.7 Å². The monoisotopic (exact) mass is 300 g/mol. The van der Waals surface area contributed by atoms with Crippen molar-refractivity contribution in [1.82, 2.24) is 29.5 Å². The van der Waals surface area contributed by atoms with Crippen LogP contribution in [0, 0.1) is 4.77 Å². The molecule has 0 saturated heterocycles. The van der Waals surface area contributed by atoms with Gasteiger partial charge in [0.15, 0.2) is 10.6 Å². The number of hydrogen-bond acceptors (Lipinski definition) is 4. The van der Waals surface area contributed by atoms with Crippen molar-refractivity contribution in [2.75, 3.05) is 0 Å². The van der Waals surface area contributed by atoms with Crippen molar-refractivity contribution in [2.24, 2.45) is 7.05 Å². The van der Waals surface area contributed by atoms with Crippen LogP contribution in [0.15, 0.2) is 30.6 Å². The molecule has 0 aliphatic carbocycles. The zero-order valence-corrected chi connectivity index (χ0v) is 12.8. The van der Waals surface area contributed by atoms with Gasteiger partial charge in [-0.3, -0.25) is 19.3 Å². The fourth-order valence-electron chi connectivity index (χ4n) is 2.34. The van der Waals surface area contributed by atoms with Gasteiger partial charge in [-0.25, -0.2) is 0 Å². The maximum atomic E-state index is 5.35. The summed E-state index contributed by atoms with van der Waals surface area (Å²) in [6.07, 6.45) is 4.66. The molecule has 21 heavy (non-hydrogen) atoms. The Labute approximate surface area is 127 Å². The zero-order valence-electron chi connectivity index (χ0n) is 11.9. The molecule has 108 valence electrons. The first-order valence-electron chi connectivity index (χ1n) is 6.77. The molecule has 3 aromatic rings. The third kappa shape index (κ3) is 2.64. The molecule has 3 heterocycles. The van der Waals surface area contributed by atoms with Gasteiger partial charge in [0, 0.05) is 25.0 Å². The molecule has 6 nitrogen and oxygen atoms in total. The molecule has 0 aliphatic rings. The second kappa shape index (κ2) is 5.61. The maximum Gasteiger partial charge on any atom is 0.195 e. The number of rotatable bonds is 4. The molecule has 0 amide bonds. The lowest BCUT2D eigenvalue weighted by Crippen LogP contribution is -2.04. The van der Waals surface area contributed by atoms with E-state index in [2.05, 4.69) is 27.2 Å². The number of aryl methyl sites for hydroxylation is 2. The summed E-state index contributed by atoms with van der Waals surface area (Å²) in [6.45, 7) is 2.73. The lowest BCUT2D eigenvalue weighted by molar-refractivity contribution is 0.746. The van der Waals surface area contributed by atoms with Crippen LogP contribution in [0.4, 0.5) is 0 Å². The Hall–Kier alpha value is -2.28. The summed E-state index contributed by atoms with van der Waals surface area (Å²) in [6, 6.07) is 5.74. The Balaban J connectivity index is 2.03. The summed E-state index contributed by atoms with van der Waals surface area (Å²) in [5.74, 6) is 0.742. The highest BCUT2D eigenvalue weighted by Gasteiger charge is 2.13. The Kier molecular flexibility index (Phi) is 3.66. The van der Waals surface area contributed by atoms with Crippen molar-refractivity contribution >= 4 is 12.2 Å². The van der Waals surface area contributed by atoms with Crippen molar-refractivity contribution in [3.63, 3.8) is 0 Å². The molecule has 1 N–H and O–H groups in total. The Morgan fingerprint density at radius 3 is 2.90 bits per heavy atom. The summed E-state index contributed by atoms with van der Waals surface area (Å²) in [5.41, 5.74) is 3.02. The van der Waals surface area contributed by atoms with E-state index in [9.17, 15) is 0 Å². The van der Waals surface area contributed by atoms with Crippen molar-refractivity contribution in [2.45, 2.75) is 19.9 Å². The van der Waals surface area contributed by atoms with E-state index in [-0.39, 0.29) is 0 Å². The molecule has 0 unspecified atom stereocenters. The molecule has 0 radical (unpaired) electrons. The SMILES string of the molecule is CCc1nn(C)cc1Cn1c(-c2ccccn2)n[nH]c1=S. The highest BCUT2D eigenvalue weighted by Crippen LogP contribution is 2.17. The van der Waals surface area contributed by atoms with Crippen LogP contribution in [-0.4, -0.2) is 29.5 Å². The molecule has 0 aliphatic heterocycles. The van der Waals surface area contributed by atoms with E-state index < -0.39 is 0 Å². The van der Waals surface area contributed by atoms with Crippen LogP contribution < -0.4 is 0 Å². The topological polar surface area (TPSA) is 64.3 Å². The molecule has 0 fully saturated rings. The van der Waals surface area contributed by atoms with E-state index in [0.717, 1.165) is 29.2 Å². The fourth-order valence-corrected chi connectivity index (χ4v) is 2.54. The summed E-state index contributed by atoms with van der Waals surface area (Å²) in [4.78, 5) is 4.34. The number of hydrogen-bond donors (Lipinski definition) is 1. The van der Waals surface area contributed by atoms with Gasteiger partial charge in [-0.05, 0) is 30.8 Å². The number of nitrogens with zero attached hydrogens (tertiary/aromatic N) is 5. The van der Waals surface area contributed by atoms with Crippen LogP contribution in [0.25, 0.3) is 11.5 Å². The number of aromatic nitrogens is 6. The number of nitrogens with one attached hydrogen (secondary N) is 1. The van der Waals surface area contributed by atoms with E-state index in [4.69, 9.17) is 12.2 Å². The molecule has 7 heteroatoms. The largest absolute Gasteiger partial charge is 0.294 e. The van der Waals surface area contributed by atoms with Crippen molar-refractivity contribution in [3.8, 4) is 11.5 Å². The van der Waals surface area contributed by atoms with Gasteiger partial charge in [0.2, 0.25) is 0 Å². The van der Waals surface area contributed by atoms with Gasteiger partial charge in [0.05, 0.1) is 12.2 Å². The van der Waals surface area contributed by atoms with E-state index in [1.165, 1.54) is 0 Å². The first kappa shape index (κ1) is 13.7. The first-order valence-corrected chi connectivity index (χ1v) is 7.18. The second-order valence-corrected chi connectivity index (χ2v) is 5.17. The second-order valence-electron chi connectivity index (χ2n) is 4.78. The van der Waals surface area contributed by atoms with E-state index in [1.54, 1.807) is 6.20 Å². The van der Waals surface area contributed by atoms with Gasteiger partial charge >= 0.3 is 0 Å². The van der Waals surface area contributed by atoms with Gasteiger partial charge in [-0.15, -0.1) is 0 Å². The molecular weight excluding hydrogens is 284 g/mol. The van der Waals surface area contributed by atoms with E-state index in [0.29, 0.717) is 11.3 Å². The summed E-state index contributed by atoms with van der Waals surface area (Å²) >= 11 is 5.35. The molecule has 0 spiro atoms. The average molecular weight is 300 g/mol. The van der Waals surface area contributed by atoms with Crippen molar-refractivity contribution in [1.29, 1.82) is 0 Å². The molecule has 3 aromatic heterocycles. The lowest BCUT2D eigenvalue weighted by Gasteiger charge is -2.06. The van der Waals surface area contributed by atoms with Crippen LogP contribution in [0.2, 0.25) is 0 Å². The van der Waals surface area contributed by atoms with Crippen molar-refractivity contribution in [3.05, 3.63) is 46.6 Å². The van der Waals surface area contributed by atoms with E-state index >= 15 is 0 Å². The normalized spacial score (nSPS) is 11.0. The highest BCUT2D eigenvalue weighted by atomic mass is 32.1. The molecule has 0 bridgehead atoms. The predicted octanol–water partition coefficient (Wildman–Crippen LogP) is 2.35. The minimum Gasteiger partial charge on any atom is -0.294 e. The molecule has 0 atom stereocenters. The van der Waals surface area contributed by atoms with Crippen LogP contribution in [0.3, 0.4) is 0 Å². The highest BCUT2D eigenvalue weighted by molar-refractivity contribution is 7.71. The Morgan fingerprint density at radius 1 is 1.33 bits per heavy atom. The third-order valence-corrected chi connectivity index (χ3v) is 3.62. The molecule has 0 saturated carbocycles. The van der Waals surface area contributed by atoms with Crippen LogP contribution >= 0.6 is 12.2 Å². The minimum absolute atomic E-state index is 0.585. The van der Waals surface area contributed by atoms with Gasteiger partial charge in [-0.2, -0.15) is 10.2 Å². The maximum absolute atomic E-state index is 5.35. The molecular formula is C14H16N6S. The lowest BCUT2D eigenvalue weighted by atomic mass is 10.2. The number of aromatic amines is 1. The van der Waals surface area contributed by atoms with Gasteiger partial charge in [0.25, 0.3) is 0 Å². The smallest absolute Gasteiger partial charge is 0.195 e. The van der Waals surface area contributed by atoms with Crippen LogP contribution in [0.1, 0.15) is 18.2 Å². The standard InChI is InChI=1S/C14H16N6S/c1-3-11-10(8-19(2)18-11)9-20-13(16-17-14(20)21)12-6-4-5-7-15-12/h4-8H,3,9H2,1-2H3,(H,17,21). The Bertz CT molecular complexity index is 798. The third-order valence-electron chi connectivity index (χ3n) is 3.31. The number of H-pyrrole nitrogens is 1. The quantitative estimate of drug-likeness (QED) is 0.751. The fraction of sp³-hybridized carbons (Fsp3) is 0.286. The summed E-state index contributed by atoms with van der Waals surface area (Å²) in [5, 5.41) is 11.6. The number of pyridine rings is 1. The molecule has 0 aromatic carbocycles. The van der Waals surface area contributed by atoms with Crippen molar-refractivity contribution < 1.29 is 0 Å². The summed E-state index contributed by atoms with van der Waals surface area (Å²) in [7, 11) is 1.93. The van der Waals surface area contributed by atoms with Crippen LogP contribution in [-0.2, 0) is 20.0 Å². The predicted molar refractivity (Wildman–Crippen MR) is 82.3 cm³/mol.